The maximum atomic E-state index is 12.4. The minimum absolute atomic E-state index is 0.0911. The molecule has 194 valence electrons. The normalized spacial score (nSPS) is 15.8. The summed E-state index contributed by atoms with van der Waals surface area (Å²) in [5.41, 5.74) is 2.53. The summed E-state index contributed by atoms with van der Waals surface area (Å²) in [6.45, 7) is 4.76. The fourth-order valence-electron chi connectivity index (χ4n) is 4.65. The van der Waals surface area contributed by atoms with Crippen molar-refractivity contribution in [3.05, 3.63) is 59.5 Å². The Kier molecular flexibility index (Phi) is 7.93. The van der Waals surface area contributed by atoms with Gasteiger partial charge in [-0.1, -0.05) is 18.2 Å². The number of aliphatic hydroxyl groups is 1. The Morgan fingerprint density at radius 3 is 2.97 bits per heavy atom. The number of benzene rings is 1. The second kappa shape index (κ2) is 11.7. The second-order valence-electron chi connectivity index (χ2n) is 9.08. The molecule has 1 atom stereocenters. The summed E-state index contributed by atoms with van der Waals surface area (Å²) in [6, 6.07) is 9.67. The van der Waals surface area contributed by atoms with E-state index < -0.39 is 0 Å². The molecule has 3 aromatic heterocycles. The maximum Gasteiger partial charge on any atom is 0.229 e. The predicted octanol–water partition coefficient (Wildman–Crippen LogP) is 3.64. The standard InChI is InChI=1S/C26H31N7O3S/c1-18-22(36-12-6-11-32-10-5-9-20(32)16-34)15-33-24(18)25(28-17-29-33)31-26-27-14-21(37-26)13-23(35)30-19-7-3-2-4-8-19/h2-4,7-8,14-15,17,20,34H,5-6,9-13,16H2,1H3,(H,30,35)(H,27,28,29,31)/t20-/m0/s1. The summed E-state index contributed by atoms with van der Waals surface area (Å²) in [5, 5.41) is 20.7. The number of carbonyl (C=O) groups is 1. The molecular formula is C26H31N7O3S. The number of nitrogens with one attached hydrogen (secondary N) is 2. The molecule has 1 aromatic carbocycles. The van der Waals surface area contributed by atoms with Gasteiger partial charge in [-0.15, -0.1) is 11.3 Å². The van der Waals surface area contributed by atoms with Crippen molar-refractivity contribution in [1.29, 1.82) is 0 Å². The summed E-state index contributed by atoms with van der Waals surface area (Å²) in [4.78, 5) is 24.4. The quantitative estimate of drug-likeness (QED) is 0.256. The predicted molar refractivity (Wildman–Crippen MR) is 144 cm³/mol. The number of anilines is 3. The molecule has 0 bridgehead atoms. The van der Waals surface area contributed by atoms with Crippen LogP contribution in [0.3, 0.4) is 0 Å². The number of hydrogen-bond acceptors (Lipinski definition) is 9. The van der Waals surface area contributed by atoms with Gasteiger partial charge in [0.05, 0.1) is 25.8 Å². The fourth-order valence-corrected chi connectivity index (χ4v) is 5.46. The van der Waals surface area contributed by atoms with Crippen LogP contribution in [0.2, 0.25) is 0 Å². The first kappa shape index (κ1) is 25.1. The van der Waals surface area contributed by atoms with E-state index in [0.29, 0.717) is 17.6 Å². The van der Waals surface area contributed by atoms with Crippen LogP contribution in [0.1, 0.15) is 29.7 Å². The van der Waals surface area contributed by atoms with Crippen molar-refractivity contribution < 1.29 is 14.6 Å². The summed E-state index contributed by atoms with van der Waals surface area (Å²) in [5.74, 6) is 1.30. The van der Waals surface area contributed by atoms with Crippen LogP contribution in [0.25, 0.3) is 5.52 Å². The number of thiazole rings is 1. The first-order valence-electron chi connectivity index (χ1n) is 12.5. The van der Waals surface area contributed by atoms with Crippen molar-refractivity contribution in [1.82, 2.24) is 24.5 Å². The van der Waals surface area contributed by atoms with Gasteiger partial charge in [0.25, 0.3) is 0 Å². The number of hydrogen-bond donors (Lipinski definition) is 3. The highest BCUT2D eigenvalue weighted by atomic mass is 32.1. The molecule has 4 heterocycles. The van der Waals surface area contributed by atoms with Crippen LogP contribution in [-0.2, 0) is 11.2 Å². The number of fused-ring (bicyclic) bond motifs is 1. The Morgan fingerprint density at radius 2 is 2.14 bits per heavy atom. The van der Waals surface area contributed by atoms with Crippen LogP contribution in [0.4, 0.5) is 16.6 Å². The van der Waals surface area contributed by atoms with Crippen LogP contribution >= 0.6 is 11.3 Å². The number of aromatic nitrogens is 4. The maximum absolute atomic E-state index is 12.4. The monoisotopic (exact) mass is 521 g/mol. The van der Waals surface area contributed by atoms with Crippen LogP contribution < -0.4 is 15.4 Å². The number of rotatable bonds is 11. The van der Waals surface area contributed by atoms with Gasteiger partial charge in [0, 0.05) is 34.9 Å². The highest BCUT2D eigenvalue weighted by molar-refractivity contribution is 7.15. The van der Waals surface area contributed by atoms with Gasteiger partial charge in [-0.3, -0.25) is 9.69 Å². The molecule has 5 rings (SSSR count). The van der Waals surface area contributed by atoms with Gasteiger partial charge < -0.3 is 20.5 Å². The van der Waals surface area contributed by atoms with E-state index in [0.717, 1.165) is 59.7 Å². The number of nitrogens with zero attached hydrogens (tertiary/aromatic N) is 5. The average Bonchev–Trinajstić information content (AvgIpc) is 3.62. The summed E-state index contributed by atoms with van der Waals surface area (Å²) in [6.07, 6.45) is 8.40. The van der Waals surface area contributed by atoms with E-state index in [2.05, 4.69) is 30.6 Å². The van der Waals surface area contributed by atoms with E-state index in [1.54, 1.807) is 10.7 Å². The molecule has 1 amide bonds. The SMILES string of the molecule is Cc1c(OCCCN2CCC[C@H]2CO)cn2ncnc(Nc3ncc(CC(=O)Nc4ccccc4)s3)c12. The summed E-state index contributed by atoms with van der Waals surface area (Å²) < 4.78 is 7.84. The summed E-state index contributed by atoms with van der Waals surface area (Å²) in [7, 11) is 0. The Labute approximate surface area is 219 Å². The minimum atomic E-state index is -0.0911. The molecule has 1 saturated heterocycles. The van der Waals surface area contributed by atoms with Crippen molar-refractivity contribution in [3.8, 4) is 5.75 Å². The molecule has 0 spiro atoms. The number of para-hydroxylation sites is 1. The van der Waals surface area contributed by atoms with E-state index in [-0.39, 0.29) is 25.0 Å². The smallest absolute Gasteiger partial charge is 0.229 e. The number of aryl methyl sites for hydroxylation is 1. The number of ether oxygens (including phenoxy) is 1. The zero-order valence-corrected chi connectivity index (χ0v) is 21.6. The molecular weight excluding hydrogens is 490 g/mol. The molecule has 0 radical (unpaired) electrons. The molecule has 3 N–H and O–H groups in total. The Balaban J connectivity index is 1.20. The summed E-state index contributed by atoms with van der Waals surface area (Å²) >= 11 is 1.41. The van der Waals surface area contributed by atoms with Gasteiger partial charge in [-0.25, -0.2) is 14.5 Å². The fraction of sp³-hybridized carbons (Fsp3) is 0.385. The van der Waals surface area contributed by atoms with Crippen molar-refractivity contribution in [2.45, 2.75) is 38.6 Å². The van der Waals surface area contributed by atoms with Gasteiger partial charge in [-0.05, 0) is 44.9 Å². The largest absolute Gasteiger partial charge is 0.492 e. The van der Waals surface area contributed by atoms with Gasteiger partial charge in [0.2, 0.25) is 5.91 Å². The highest BCUT2D eigenvalue weighted by Crippen LogP contribution is 2.31. The third-order valence-electron chi connectivity index (χ3n) is 6.51. The molecule has 0 saturated carbocycles. The van der Waals surface area contributed by atoms with Crippen LogP contribution in [0.15, 0.2) is 49.1 Å². The third kappa shape index (κ3) is 6.07. The molecule has 1 fully saturated rings. The molecule has 1 aliphatic heterocycles. The molecule has 0 aliphatic carbocycles. The van der Waals surface area contributed by atoms with Gasteiger partial charge >= 0.3 is 0 Å². The van der Waals surface area contributed by atoms with E-state index in [1.807, 2.05) is 43.5 Å². The lowest BCUT2D eigenvalue weighted by Crippen LogP contribution is -2.33. The van der Waals surface area contributed by atoms with Gasteiger partial charge in [0.15, 0.2) is 10.9 Å². The lowest BCUT2D eigenvalue weighted by molar-refractivity contribution is -0.115. The molecule has 11 heteroatoms. The molecule has 4 aromatic rings. The number of amides is 1. The zero-order valence-electron chi connectivity index (χ0n) is 20.8. The minimum Gasteiger partial charge on any atom is -0.492 e. The highest BCUT2D eigenvalue weighted by Gasteiger charge is 2.23. The average molecular weight is 522 g/mol. The Hall–Kier alpha value is -3.54. The molecule has 0 unspecified atom stereocenters. The van der Waals surface area contributed by atoms with E-state index in [9.17, 15) is 9.90 Å². The first-order chi connectivity index (χ1) is 18.1. The van der Waals surface area contributed by atoms with E-state index in [4.69, 9.17) is 4.74 Å². The van der Waals surface area contributed by atoms with Gasteiger partial charge in [-0.2, -0.15) is 5.10 Å². The first-order valence-corrected chi connectivity index (χ1v) is 13.3. The van der Waals surface area contributed by atoms with Gasteiger partial charge in [0.1, 0.15) is 17.6 Å². The van der Waals surface area contributed by atoms with Crippen LogP contribution in [-0.4, -0.2) is 67.8 Å². The molecule has 10 nitrogen and oxygen atoms in total. The Bertz CT molecular complexity index is 1340. The van der Waals surface area contributed by atoms with E-state index >= 15 is 0 Å². The zero-order chi connectivity index (χ0) is 25.6. The van der Waals surface area contributed by atoms with Crippen molar-refractivity contribution in [2.75, 3.05) is 36.9 Å². The molecule has 1 aliphatic rings. The lowest BCUT2D eigenvalue weighted by Gasteiger charge is -2.22. The van der Waals surface area contributed by atoms with E-state index in [1.165, 1.54) is 17.7 Å². The topological polar surface area (TPSA) is 117 Å². The number of carbonyl (C=O) groups excluding carboxylic acids is 1. The van der Waals surface area contributed by atoms with Crippen molar-refractivity contribution in [2.24, 2.45) is 0 Å². The second-order valence-corrected chi connectivity index (χ2v) is 10.2. The van der Waals surface area contributed by atoms with Crippen LogP contribution in [0.5, 0.6) is 5.75 Å². The lowest BCUT2D eigenvalue weighted by atomic mass is 10.2. The number of likely N-dealkylation sites (tertiary alicyclic amines) is 1. The third-order valence-corrected chi connectivity index (χ3v) is 7.42. The Morgan fingerprint density at radius 1 is 1.27 bits per heavy atom. The van der Waals surface area contributed by atoms with Crippen LogP contribution in [0, 0.1) is 6.92 Å². The van der Waals surface area contributed by atoms with Crippen molar-refractivity contribution in [3.63, 3.8) is 0 Å². The molecule has 37 heavy (non-hydrogen) atoms. The van der Waals surface area contributed by atoms with Crippen molar-refractivity contribution >= 4 is 39.4 Å². The number of aliphatic hydroxyl groups excluding tert-OH is 1.